The first kappa shape index (κ1) is 16.1. The summed E-state index contributed by atoms with van der Waals surface area (Å²) in [6, 6.07) is 7.26. The normalized spacial score (nSPS) is 12.6. The molecule has 0 radical (unpaired) electrons. The van der Waals surface area contributed by atoms with Gasteiger partial charge in [0, 0.05) is 6.54 Å². The van der Waals surface area contributed by atoms with Gasteiger partial charge >= 0.3 is 0 Å². The van der Waals surface area contributed by atoms with E-state index < -0.39 is 10.0 Å². The molecule has 0 fully saturated rings. The van der Waals surface area contributed by atoms with E-state index in [0.717, 1.165) is 11.1 Å². The molecule has 0 saturated heterocycles. The van der Waals surface area contributed by atoms with Gasteiger partial charge < -0.3 is 5.11 Å². The minimum atomic E-state index is -3.27. The third-order valence-corrected chi connectivity index (χ3v) is 4.22. The number of hydrogen-bond donors (Lipinski definition) is 2. The number of rotatable bonds is 6. The molecule has 0 amide bonds. The van der Waals surface area contributed by atoms with Crippen molar-refractivity contribution in [1.82, 2.24) is 4.72 Å². The van der Waals surface area contributed by atoms with Crippen molar-refractivity contribution in [1.29, 1.82) is 0 Å². The van der Waals surface area contributed by atoms with Crippen LogP contribution in [0.1, 0.15) is 38.3 Å². The third-order valence-electron chi connectivity index (χ3n) is 2.89. The van der Waals surface area contributed by atoms with Gasteiger partial charge in [0.05, 0.1) is 12.4 Å². The van der Waals surface area contributed by atoms with Crippen LogP contribution >= 0.6 is 0 Å². The fourth-order valence-electron chi connectivity index (χ4n) is 1.58. The Bertz CT molecular complexity index is 504. The van der Waals surface area contributed by atoms with Crippen molar-refractivity contribution < 1.29 is 13.5 Å². The van der Waals surface area contributed by atoms with Crippen molar-refractivity contribution in [2.45, 2.75) is 40.3 Å². The molecule has 1 rings (SSSR count). The summed E-state index contributed by atoms with van der Waals surface area (Å²) in [4.78, 5) is 0. The quantitative estimate of drug-likeness (QED) is 0.840. The SMILES string of the molecule is CC(C)(C)CCS(=O)(=O)NCc1ccccc1CO. The molecule has 0 aliphatic heterocycles. The third kappa shape index (κ3) is 6.18. The Morgan fingerprint density at radius 3 is 2.26 bits per heavy atom. The Balaban J connectivity index is 2.60. The summed E-state index contributed by atoms with van der Waals surface area (Å²) in [6.45, 7) is 6.19. The topological polar surface area (TPSA) is 66.4 Å². The van der Waals surface area contributed by atoms with Gasteiger partial charge in [-0.05, 0) is 23.0 Å². The van der Waals surface area contributed by atoms with Gasteiger partial charge in [0.25, 0.3) is 0 Å². The molecule has 1 aromatic carbocycles. The summed E-state index contributed by atoms with van der Waals surface area (Å²) in [5, 5.41) is 9.18. The van der Waals surface area contributed by atoms with Gasteiger partial charge in [0.15, 0.2) is 0 Å². The summed E-state index contributed by atoms with van der Waals surface area (Å²) in [5.41, 5.74) is 1.56. The van der Waals surface area contributed by atoms with Gasteiger partial charge in [-0.15, -0.1) is 0 Å². The van der Waals surface area contributed by atoms with Gasteiger partial charge in [-0.3, -0.25) is 0 Å². The minimum absolute atomic E-state index is 0.00223. The van der Waals surface area contributed by atoms with Gasteiger partial charge in [-0.25, -0.2) is 13.1 Å². The molecule has 0 bridgehead atoms. The molecule has 2 N–H and O–H groups in total. The summed E-state index contributed by atoms with van der Waals surface area (Å²) in [5.74, 6) is 0.123. The molecular weight excluding hydrogens is 262 g/mol. The van der Waals surface area contributed by atoms with Crippen LogP contribution < -0.4 is 4.72 Å². The Morgan fingerprint density at radius 1 is 1.16 bits per heavy atom. The fraction of sp³-hybridized carbons (Fsp3) is 0.571. The molecule has 1 aromatic rings. The average Bonchev–Trinajstić information content (AvgIpc) is 2.34. The summed E-state index contributed by atoms with van der Waals surface area (Å²) in [6.07, 6.45) is 0.615. The van der Waals surface area contributed by atoms with Crippen molar-refractivity contribution in [3.63, 3.8) is 0 Å². The molecule has 0 atom stereocenters. The second kappa shape index (κ2) is 6.50. The Morgan fingerprint density at radius 2 is 1.74 bits per heavy atom. The number of benzene rings is 1. The molecular formula is C14H23NO3S. The number of aliphatic hydroxyl groups is 1. The Kier molecular flexibility index (Phi) is 5.52. The molecule has 19 heavy (non-hydrogen) atoms. The van der Waals surface area contributed by atoms with Gasteiger partial charge in [-0.2, -0.15) is 0 Å². The second-order valence-electron chi connectivity index (χ2n) is 5.88. The van der Waals surface area contributed by atoms with E-state index >= 15 is 0 Å². The maximum atomic E-state index is 11.9. The van der Waals surface area contributed by atoms with Crippen molar-refractivity contribution in [3.8, 4) is 0 Å². The first-order chi connectivity index (χ1) is 8.73. The predicted molar refractivity (Wildman–Crippen MR) is 77.1 cm³/mol. The predicted octanol–water partition coefficient (Wildman–Crippen LogP) is 2.03. The Hall–Kier alpha value is -0.910. The maximum Gasteiger partial charge on any atom is 0.211 e. The summed E-state index contributed by atoms with van der Waals surface area (Å²) >= 11 is 0. The van der Waals surface area contributed by atoms with E-state index in [1.165, 1.54) is 0 Å². The van der Waals surface area contributed by atoms with Crippen LogP contribution in [0.25, 0.3) is 0 Å². The molecule has 108 valence electrons. The molecule has 0 spiro atoms. The highest BCUT2D eigenvalue weighted by molar-refractivity contribution is 7.89. The van der Waals surface area contributed by atoms with Crippen LogP contribution in [-0.4, -0.2) is 19.3 Å². The van der Waals surface area contributed by atoms with Crippen LogP contribution in [0.5, 0.6) is 0 Å². The monoisotopic (exact) mass is 285 g/mol. The van der Waals surface area contributed by atoms with Crippen molar-refractivity contribution in [2.75, 3.05) is 5.75 Å². The number of hydrogen-bond acceptors (Lipinski definition) is 3. The van der Waals surface area contributed by atoms with Crippen LogP contribution in [-0.2, 0) is 23.2 Å². The van der Waals surface area contributed by atoms with E-state index in [-0.39, 0.29) is 24.3 Å². The van der Waals surface area contributed by atoms with E-state index in [4.69, 9.17) is 0 Å². The van der Waals surface area contributed by atoms with Crippen molar-refractivity contribution in [3.05, 3.63) is 35.4 Å². The molecule has 0 saturated carbocycles. The first-order valence-electron chi connectivity index (χ1n) is 6.38. The lowest BCUT2D eigenvalue weighted by molar-refractivity contribution is 0.280. The maximum absolute atomic E-state index is 11.9. The van der Waals surface area contributed by atoms with Crippen LogP contribution in [0, 0.1) is 5.41 Å². The van der Waals surface area contributed by atoms with Gasteiger partial charge in [0.1, 0.15) is 0 Å². The van der Waals surface area contributed by atoms with E-state index in [9.17, 15) is 13.5 Å². The van der Waals surface area contributed by atoms with Gasteiger partial charge in [0.2, 0.25) is 10.0 Å². The van der Waals surface area contributed by atoms with Crippen molar-refractivity contribution in [2.24, 2.45) is 5.41 Å². The van der Waals surface area contributed by atoms with Crippen LogP contribution in [0.15, 0.2) is 24.3 Å². The fourth-order valence-corrected chi connectivity index (χ4v) is 2.99. The first-order valence-corrected chi connectivity index (χ1v) is 8.04. The zero-order valence-electron chi connectivity index (χ0n) is 11.8. The highest BCUT2D eigenvalue weighted by Crippen LogP contribution is 2.19. The number of aliphatic hydroxyl groups excluding tert-OH is 1. The molecule has 0 unspecified atom stereocenters. The summed E-state index contributed by atoms with van der Waals surface area (Å²) < 4.78 is 26.3. The minimum Gasteiger partial charge on any atom is -0.392 e. The van der Waals surface area contributed by atoms with Crippen LogP contribution in [0.2, 0.25) is 0 Å². The molecule has 5 heteroatoms. The highest BCUT2D eigenvalue weighted by atomic mass is 32.2. The van der Waals surface area contributed by atoms with Crippen LogP contribution in [0.3, 0.4) is 0 Å². The molecule has 0 heterocycles. The molecule has 0 aliphatic rings. The number of nitrogens with one attached hydrogen (secondary N) is 1. The lowest BCUT2D eigenvalue weighted by Gasteiger charge is -2.18. The van der Waals surface area contributed by atoms with Crippen molar-refractivity contribution >= 4 is 10.0 Å². The van der Waals surface area contributed by atoms with E-state index in [0.29, 0.717) is 6.42 Å². The van der Waals surface area contributed by atoms with E-state index in [2.05, 4.69) is 4.72 Å². The smallest absolute Gasteiger partial charge is 0.211 e. The summed E-state index contributed by atoms with van der Waals surface area (Å²) in [7, 11) is -3.27. The largest absolute Gasteiger partial charge is 0.392 e. The lowest BCUT2D eigenvalue weighted by Crippen LogP contribution is -2.28. The second-order valence-corrected chi connectivity index (χ2v) is 7.80. The lowest BCUT2D eigenvalue weighted by atomic mass is 9.94. The molecule has 4 nitrogen and oxygen atoms in total. The number of sulfonamides is 1. The zero-order chi connectivity index (χ0) is 14.5. The molecule has 0 aromatic heterocycles. The highest BCUT2D eigenvalue weighted by Gasteiger charge is 2.17. The van der Waals surface area contributed by atoms with Gasteiger partial charge in [-0.1, -0.05) is 45.0 Å². The molecule has 0 aliphatic carbocycles. The standard InChI is InChI=1S/C14H23NO3S/c1-14(2,3)8-9-19(17,18)15-10-12-6-4-5-7-13(12)11-16/h4-7,15-16H,8-11H2,1-3H3. The Labute approximate surface area is 115 Å². The average molecular weight is 285 g/mol. The zero-order valence-corrected chi connectivity index (χ0v) is 12.6. The van der Waals surface area contributed by atoms with E-state index in [1.54, 1.807) is 6.07 Å². The van der Waals surface area contributed by atoms with Crippen LogP contribution in [0.4, 0.5) is 0 Å². The van der Waals surface area contributed by atoms with E-state index in [1.807, 2.05) is 39.0 Å².